The molecule has 82 valence electrons. The fourth-order valence-corrected chi connectivity index (χ4v) is 2.68. The van der Waals surface area contributed by atoms with Gasteiger partial charge in [0.15, 0.2) is 0 Å². The van der Waals surface area contributed by atoms with Crippen LogP contribution in [-0.4, -0.2) is 24.7 Å². The highest BCUT2D eigenvalue weighted by molar-refractivity contribution is 5.32. The summed E-state index contributed by atoms with van der Waals surface area (Å²) in [6.45, 7) is 2.34. The highest BCUT2D eigenvalue weighted by Gasteiger charge is 2.25. The normalized spacial score (nSPS) is 27.9. The van der Waals surface area contributed by atoms with Crippen LogP contribution in [0, 0.1) is 11.8 Å². The first kappa shape index (κ1) is 11.5. The Balaban J connectivity index is 0.000000293. The van der Waals surface area contributed by atoms with E-state index in [9.17, 15) is 0 Å². The lowest BCUT2D eigenvalue weighted by Crippen LogP contribution is -2.20. The molecule has 1 aliphatic carbocycles. The lowest BCUT2D eigenvalue weighted by atomic mass is 9.80. The molecule has 0 radical (unpaired) electrons. The summed E-state index contributed by atoms with van der Waals surface area (Å²) in [6, 6.07) is 0. The molecule has 0 aromatic heterocycles. The number of nitrogens with one attached hydrogen (secondary N) is 1. The maximum Gasteiger partial charge on any atom is 0.290 e. The van der Waals surface area contributed by atoms with Crippen molar-refractivity contribution in [2.75, 3.05) is 13.1 Å². The smallest absolute Gasteiger partial charge is 0.290 e. The van der Waals surface area contributed by atoms with Gasteiger partial charge in [0.05, 0.1) is 0 Å². The number of hydrogen-bond acceptors (Lipinski definition) is 2. The molecule has 0 amide bonds. The summed E-state index contributed by atoms with van der Waals surface area (Å²) in [4.78, 5) is 8.36. The van der Waals surface area contributed by atoms with Crippen molar-refractivity contribution in [2.24, 2.45) is 11.8 Å². The molecule has 0 aromatic carbocycles. The van der Waals surface area contributed by atoms with Gasteiger partial charge in [0.25, 0.3) is 6.47 Å². The summed E-state index contributed by atoms with van der Waals surface area (Å²) in [6.07, 6.45) is 8.99. The molecule has 2 aliphatic rings. The molecule has 1 saturated heterocycles. The Hall–Kier alpha value is -0.570. The van der Waals surface area contributed by atoms with E-state index in [2.05, 4.69) is 5.32 Å². The van der Waals surface area contributed by atoms with Crippen molar-refractivity contribution in [2.45, 2.75) is 38.5 Å². The zero-order valence-electron chi connectivity index (χ0n) is 8.74. The quantitative estimate of drug-likeness (QED) is 0.634. The van der Waals surface area contributed by atoms with E-state index in [1.807, 2.05) is 0 Å². The third-order valence-electron chi connectivity index (χ3n) is 3.41. The van der Waals surface area contributed by atoms with E-state index in [1.165, 1.54) is 51.6 Å². The molecule has 1 heterocycles. The summed E-state index contributed by atoms with van der Waals surface area (Å²) in [7, 11) is 0. The second-order valence-corrected chi connectivity index (χ2v) is 4.26. The first-order valence-electron chi connectivity index (χ1n) is 5.67. The molecular weight excluding hydrogens is 178 g/mol. The average Bonchev–Trinajstić information content (AvgIpc) is 2.73. The van der Waals surface area contributed by atoms with Crippen LogP contribution in [0.3, 0.4) is 0 Å². The molecule has 0 spiro atoms. The van der Waals surface area contributed by atoms with Crippen LogP contribution in [0.25, 0.3) is 0 Å². The van der Waals surface area contributed by atoms with Gasteiger partial charge in [0, 0.05) is 0 Å². The highest BCUT2D eigenvalue weighted by atomic mass is 16.3. The molecule has 0 aromatic rings. The molecule has 1 unspecified atom stereocenters. The van der Waals surface area contributed by atoms with E-state index < -0.39 is 0 Å². The van der Waals surface area contributed by atoms with Gasteiger partial charge in [-0.15, -0.1) is 0 Å². The van der Waals surface area contributed by atoms with Crippen molar-refractivity contribution in [1.29, 1.82) is 0 Å². The van der Waals surface area contributed by atoms with Crippen molar-refractivity contribution in [3.05, 3.63) is 0 Å². The van der Waals surface area contributed by atoms with Gasteiger partial charge in [0.2, 0.25) is 0 Å². The summed E-state index contributed by atoms with van der Waals surface area (Å²) < 4.78 is 0. The Morgan fingerprint density at radius 3 is 2.21 bits per heavy atom. The maximum atomic E-state index is 8.36. The summed E-state index contributed by atoms with van der Waals surface area (Å²) in [5, 5.41) is 10.4. The fraction of sp³-hybridized carbons (Fsp3) is 0.909. The third kappa shape index (κ3) is 3.66. The minimum atomic E-state index is -0.250. The van der Waals surface area contributed by atoms with Gasteiger partial charge in [-0.3, -0.25) is 4.79 Å². The van der Waals surface area contributed by atoms with Gasteiger partial charge >= 0.3 is 0 Å². The standard InChI is InChI=1S/C10H19N.CH2O2/c1-2-4-9(5-3-1)10-6-7-11-8-10;2-1-3/h9-11H,1-8H2;1H,(H,2,3). The molecule has 1 saturated carbocycles. The molecule has 14 heavy (non-hydrogen) atoms. The largest absolute Gasteiger partial charge is 0.483 e. The lowest BCUT2D eigenvalue weighted by molar-refractivity contribution is -0.122. The van der Waals surface area contributed by atoms with Crippen LogP contribution in [0.1, 0.15) is 38.5 Å². The highest BCUT2D eigenvalue weighted by Crippen LogP contribution is 2.32. The van der Waals surface area contributed by atoms with E-state index in [-0.39, 0.29) is 6.47 Å². The SMILES string of the molecule is C1CCC(C2CCNC2)CC1.O=CO. The first-order chi connectivity index (χ1) is 6.88. The van der Waals surface area contributed by atoms with Gasteiger partial charge in [-0.05, 0) is 31.3 Å². The van der Waals surface area contributed by atoms with E-state index >= 15 is 0 Å². The van der Waals surface area contributed by atoms with Crippen LogP contribution in [0.4, 0.5) is 0 Å². The molecule has 3 nitrogen and oxygen atoms in total. The Kier molecular flexibility index (Phi) is 5.60. The van der Waals surface area contributed by atoms with Gasteiger partial charge in [-0.2, -0.15) is 0 Å². The maximum absolute atomic E-state index is 8.36. The molecule has 0 bridgehead atoms. The summed E-state index contributed by atoms with van der Waals surface area (Å²) in [5.41, 5.74) is 0. The Morgan fingerprint density at radius 1 is 1.07 bits per heavy atom. The molecular formula is C11H21NO2. The molecule has 2 fully saturated rings. The Morgan fingerprint density at radius 2 is 1.71 bits per heavy atom. The van der Waals surface area contributed by atoms with Crippen molar-refractivity contribution >= 4 is 6.47 Å². The first-order valence-corrected chi connectivity index (χ1v) is 5.67. The molecule has 3 heteroatoms. The summed E-state index contributed by atoms with van der Waals surface area (Å²) in [5.74, 6) is 2.12. The van der Waals surface area contributed by atoms with E-state index in [4.69, 9.17) is 9.90 Å². The Bertz CT molecular complexity index is 149. The number of carbonyl (C=O) groups is 1. The number of carboxylic acid groups (broad SMARTS) is 1. The van der Waals surface area contributed by atoms with Crippen LogP contribution in [0.15, 0.2) is 0 Å². The second kappa shape index (κ2) is 6.82. The van der Waals surface area contributed by atoms with Crippen LogP contribution < -0.4 is 5.32 Å². The van der Waals surface area contributed by atoms with E-state index in [0.29, 0.717) is 0 Å². The van der Waals surface area contributed by atoms with Crippen molar-refractivity contribution in [3.8, 4) is 0 Å². The zero-order chi connectivity index (χ0) is 10.2. The Labute approximate surface area is 85.9 Å². The van der Waals surface area contributed by atoms with Gasteiger partial charge in [-0.25, -0.2) is 0 Å². The van der Waals surface area contributed by atoms with Crippen LogP contribution in [0.5, 0.6) is 0 Å². The number of hydrogen-bond donors (Lipinski definition) is 2. The monoisotopic (exact) mass is 199 g/mol. The number of rotatable bonds is 1. The second-order valence-electron chi connectivity index (χ2n) is 4.26. The zero-order valence-corrected chi connectivity index (χ0v) is 8.74. The van der Waals surface area contributed by atoms with Crippen LogP contribution >= 0.6 is 0 Å². The minimum absolute atomic E-state index is 0.250. The topological polar surface area (TPSA) is 49.3 Å². The van der Waals surface area contributed by atoms with E-state index in [0.717, 1.165) is 11.8 Å². The van der Waals surface area contributed by atoms with Crippen molar-refractivity contribution < 1.29 is 9.90 Å². The lowest BCUT2D eigenvalue weighted by Gasteiger charge is -2.26. The van der Waals surface area contributed by atoms with Gasteiger partial charge < -0.3 is 10.4 Å². The molecule has 2 rings (SSSR count). The summed E-state index contributed by atoms with van der Waals surface area (Å²) >= 11 is 0. The van der Waals surface area contributed by atoms with Crippen LogP contribution in [-0.2, 0) is 4.79 Å². The predicted molar refractivity (Wildman–Crippen MR) is 56.2 cm³/mol. The van der Waals surface area contributed by atoms with E-state index in [1.54, 1.807) is 0 Å². The predicted octanol–water partition coefficient (Wildman–Crippen LogP) is 1.88. The molecule has 2 N–H and O–H groups in total. The molecule has 1 atom stereocenters. The molecule has 1 aliphatic heterocycles. The average molecular weight is 199 g/mol. The fourth-order valence-electron chi connectivity index (χ4n) is 2.68. The van der Waals surface area contributed by atoms with Crippen molar-refractivity contribution in [3.63, 3.8) is 0 Å². The third-order valence-corrected chi connectivity index (χ3v) is 3.41. The van der Waals surface area contributed by atoms with Gasteiger partial charge in [-0.1, -0.05) is 32.1 Å². The van der Waals surface area contributed by atoms with Gasteiger partial charge in [0.1, 0.15) is 0 Å². The minimum Gasteiger partial charge on any atom is -0.483 e. The van der Waals surface area contributed by atoms with Crippen molar-refractivity contribution in [1.82, 2.24) is 5.32 Å². The van der Waals surface area contributed by atoms with Crippen LogP contribution in [0.2, 0.25) is 0 Å².